The molecule has 0 bridgehead atoms. The largest absolute Gasteiger partial charge is 0.507 e. The molecule has 0 radical (unpaired) electrons. The number of phenolic OH excluding ortho intramolecular Hbond substituents is 1. The molecule has 27 heavy (non-hydrogen) atoms. The molecule has 2 aromatic carbocycles. The average Bonchev–Trinajstić information content (AvgIpc) is 2.64. The van der Waals surface area contributed by atoms with Crippen molar-refractivity contribution in [2.24, 2.45) is 5.10 Å². The van der Waals surface area contributed by atoms with Gasteiger partial charge in [0.15, 0.2) is 0 Å². The van der Waals surface area contributed by atoms with Crippen molar-refractivity contribution in [3.05, 3.63) is 53.6 Å². The SMILES string of the molecule is CCN(CC)c1ccc(O)c(/C=N/NC(=O)C(=O)Nc2cccc(C)c2)c1. The summed E-state index contributed by atoms with van der Waals surface area (Å²) in [5.41, 5.74) is 5.04. The van der Waals surface area contributed by atoms with Crippen LogP contribution in [0, 0.1) is 6.92 Å². The highest BCUT2D eigenvalue weighted by atomic mass is 16.3. The smallest absolute Gasteiger partial charge is 0.329 e. The first kappa shape index (κ1) is 20.0. The van der Waals surface area contributed by atoms with Gasteiger partial charge in [0.05, 0.1) is 6.21 Å². The first-order valence-electron chi connectivity index (χ1n) is 8.73. The minimum absolute atomic E-state index is 0.0353. The van der Waals surface area contributed by atoms with Crippen molar-refractivity contribution in [2.75, 3.05) is 23.3 Å². The number of hydrogen-bond donors (Lipinski definition) is 3. The van der Waals surface area contributed by atoms with Gasteiger partial charge in [0.1, 0.15) is 5.75 Å². The van der Waals surface area contributed by atoms with E-state index < -0.39 is 11.8 Å². The number of aromatic hydroxyl groups is 1. The number of benzene rings is 2. The Hall–Kier alpha value is -3.35. The molecule has 0 unspecified atom stereocenters. The number of rotatable bonds is 6. The van der Waals surface area contributed by atoms with E-state index in [4.69, 9.17) is 0 Å². The summed E-state index contributed by atoms with van der Waals surface area (Å²) in [6.45, 7) is 7.62. The molecular formula is C20H24N4O3. The summed E-state index contributed by atoms with van der Waals surface area (Å²) < 4.78 is 0. The fourth-order valence-electron chi connectivity index (χ4n) is 2.55. The highest BCUT2D eigenvalue weighted by Gasteiger charge is 2.13. The molecule has 2 aromatic rings. The fourth-order valence-corrected chi connectivity index (χ4v) is 2.55. The quantitative estimate of drug-likeness (QED) is 0.415. The van der Waals surface area contributed by atoms with Crippen molar-refractivity contribution < 1.29 is 14.7 Å². The molecule has 2 rings (SSSR count). The van der Waals surface area contributed by atoms with E-state index in [0.717, 1.165) is 24.3 Å². The molecule has 142 valence electrons. The predicted molar refractivity (Wildman–Crippen MR) is 107 cm³/mol. The maximum absolute atomic E-state index is 11.9. The number of nitrogens with one attached hydrogen (secondary N) is 2. The van der Waals surface area contributed by atoms with Crippen molar-refractivity contribution in [2.45, 2.75) is 20.8 Å². The lowest BCUT2D eigenvalue weighted by molar-refractivity contribution is -0.136. The summed E-state index contributed by atoms with van der Waals surface area (Å²) >= 11 is 0. The van der Waals surface area contributed by atoms with Gasteiger partial charge in [-0.1, -0.05) is 12.1 Å². The Labute approximate surface area is 158 Å². The fraction of sp³-hybridized carbons (Fsp3) is 0.250. The number of amides is 2. The number of phenols is 1. The summed E-state index contributed by atoms with van der Waals surface area (Å²) in [6, 6.07) is 12.3. The van der Waals surface area contributed by atoms with Gasteiger partial charge in [-0.2, -0.15) is 5.10 Å². The Morgan fingerprint density at radius 1 is 1.11 bits per heavy atom. The minimum atomic E-state index is -0.896. The van der Waals surface area contributed by atoms with Gasteiger partial charge in [0.25, 0.3) is 0 Å². The average molecular weight is 368 g/mol. The topological polar surface area (TPSA) is 94.0 Å². The van der Waals surface area contributed by atoms with E-state index in [2.05, 4.69) is 20.7 Å². The highest BCUT2D eigenvalue weighted by molar-refractivity contribution is 6.39. The molecule has 0 atom stereocenters. The van der Waals surface area contributed by atoms with Gasteiger partial charge < -0.3 is 15.3 Å². The van der Waals surface area contributed by atoms with Crippen LogP contribution < -0.4 is 15.6 Å². The van der Waals surface area contributed by atoms with Crippen LogP contribution in [0.3, 0.4) is 0 Å². The van der Waals surface area contributed by atoms with Gasteiger partial charge in [-0.25, -0.2) is 5.43 Å². The molecule has 7 heteroatoms. The number of hydrazone groups is 1. The minimum Gasteiger partial charge on any atom is -0.507 e. The zero-order valence-electron chi connectivity index (χ0n) is 15.7. The summed E-state index contributed by atoms with van der Waals surface area (Å²) in [6.07, 6.45) is 1.31. The first-order chi connectivity index (χ1) is 12.9. The number of hydrogen-bond acceptors (Lipinski definition) is 5. The Balaban J connectivity index is 2.00. The Morgan fingerprint density at radius 3 is 2.52 bits per heavy atom. The van der Waals surface area contributed by atoms with Crippen LogP contribution in [0.25, 0.3) is 0 Å². The van der Waals surface area contributed by atoms with E-state index in [1.807, 2.05) is 32.9 Å². The second kappa shape index (κ2) is 9.38. The monoisotopic (exact) mass is 368 g/mol. The molecule has 0 aliphatic carbocycles. The van der Waals surface area contributed by atoms with Crippen LogP contribution in [-0.4, -0.2) is 36.2 Å². The number of anilines is 2. The molecule has 7 nitrogen and oxygen atoms in total. The van der Waals surface area contributed by atoms with E-state index in [-0.39, 0.29) is 5.75 Å². The Kier molecular flexibility index (Phi) is 6.93. The van der Waals surface area contributed by atoms with Crippen molar-refractivity contribution in [3.63, 3.8) is 0 Å². The number of nitrogens with zero attached hydrogens (tertiary/aromatic N) is 2. The zero-order valence-corrected chi connectivity index (χ0v) is 15.7. The molecule has 3 N–H and O–H groups in total. The molecule has 0 saturated carbocycles. The Morgan fingerprint density at radius 2 is 1.85 bits per heavy atom. The standard InChI is InChI=1S/C20H24N4O3/c1-4-24(5-2)17-9-10-18(25)15(12-17)13-21-23-20(27)19(26)22-16-8-6-7-14(3)11-16/h6-13,25H,4-5H2,1-3H3,(H,22,26)(H,23,27)/b21-13+. The lowest BCUT2D eigenvalue weighted by atomic mass is 10.1. The van der Waals surface area contributed by atoms with Crippen LogP contribution >= 0.6 is 0 Å². The molecule has 2 amide bonds. The molecule has 0 aliphatic rings. The molecule has 0 aromatic heterocycles. The van der Waals surface area contributed by atoms with Crippen molar-refractivity contribution in [3.8, 4) is 5.75 Å². The predicted octanol–water partition coefficient (Wildman–Crippen LogP) is 2.64. The molecule has 0 heterocycles. The second-order valence-corrected chi connectivity index (χ2v) is 5.94. The number of aryl methyl sites for hydroxylation is 1. The first-order valence-corrected chi connectivity index (χ1v) is 8.73. The Bertz CT molecular complexity index is 845. The highest BCUT2D eigenvalue weighted by Crippen LogP contribution is 2.22. The van der Waals surface area contributed by atoms with Crippen LogP contribution in [0.15, 0.2) is 47.6 Å². The van der Waals surface area contributed by atoms with E-state index in [1.165, 1.54) is 6.21 Å². The van der Waals surface area contributed by atoms with Crippen LogP contribution in [0.5, 0.6) is 5.75 Å². The molecular weight excluding hydrogens is 344 g/mol. The number of carbonyl (C=O) groups is 2. The third-order valence-electron chi connectivity index (χ3n) is 3.99. The van der Waals surface area contributed by atoms with E-state index in [1.54, 1.807) is 30.3 Å². The van der Waals surface area contributed by atoms with Crippen LogP contribution in [0.2, 0.25) is 0 Å². The van der Waals surface area contributed by atoms with Gasteiger partial charge >= 0.3 is 11.8 Å². The third kappa shape index (κ3) is 5.57. The number of carbonyl (C=O) groups excluding carboxylic acids is 2. The van der Waals surface area contributed by atoms with Gasteiger partial charge in [-0.3, -0.25) is 9.59 Å². The van der Waals surface area contributed by atoms with Crippen LogP contribution in [-0.2, 0) is 9.59 Å². The van der Waals surface area contributed by atoms with Crippen molar-refractivity contribution in [1.82, 2.24) is 5.43 Å². The summed E-state index contributed by atoms with van der Waals surface area (Å²) in [4.78, 5) is 25.9. The van der Waals surface area contributed by atoms with E-state index >= 15 is 0 Å². The maximum atomic E-state index is 11.9. The van der Waals surface area contributed by atoms with Gasteiger partial charge in [-0.15, -0.1) is 0 Å². The van der Waals surface area contributed by atoms with Crippen molar-refractivity contribution in [1.29, 1.82) is 0 Å². The molecule has 0 aliphatic heterocycles. The molecule has 0 fully saturated rings. The van der Waals surface area contributed by atoms with Gasteiger partial charge in [0.2, 0.25) is 0 Å². The molecule has 0 spiro atoms. The van der Waals surface area contributed by atoms with Gasteiger partial charge in [-0.05, 0) is 56.7 Å². The van der Waals surface area contributed by atoms with E-state index in [9.17, 15) is 14.7 Å². The summed E-state index contributed by atoms with van der Waals surface area (Å²) in [5.74, 6) is -1.68. The normalized spacial score (nSPS) is 10.6. The third-order valence-corrected chi connectivity index (χ3v) is 3.99. The van der Waals surface area contributed by atoms with Crippen molar-refractivity contribution >= 4 is 29.4 Å². The second-order valence-electron chi connectivity index (χ2n) is 5.94. The summed E-state index contributed by atoms with van der Waals surface area (Å²) in [7, 11) is 0. The molecule has 0 saturated heterocycles. The lowest BCUT2D eigenvalue weighted by Gasteiger charge is -2.21. The van der Waals surface area contributed by atoms with Crippen LogP contribution in [0.1, 0.15) is 25.0 Å². The summed E-state index contributed by atoms with van der Waals surface area (Å²) in [5, 5.41) is 16.2. The van der Waals surface area contributed by atoms with Crippen LogP contribution in [0.4, 0.5) is 11.4 Å². The maximum Gasteiger partial charge on any atom is 0.329 e. The lowest BCUT2D eigenvalue weighted by Crippen LogP contribution is -2.32. The zero-order chi connectivity index (χ0) is 19.8. The van der Waals surface area contributed by atoms with E-state index in [0.29, 0.717) is 11.3 Å². The van der Waals surface area contributed by atoms with Gasteiger partial charge in [0, 0.05) is 30.0 Å².